The Bertz CT molecular complexity index is 400. The van der Waals surface area contributed by atoms with Crippen LogP contribution in [0.25, 0.3) is 0 Å². The topological polar surface area (TPSA) is 82.0 Å². The Morgan fingerprint density at radius 2 is 2.27 bits per heavy atom. The Hall–Kier alpha value is -1.50. The van der Waals surface area contributed by atoms with Crippen LogP contribution in [0.5, 0.6) is 0 Å². The van der Waals surface area contributed by atoms with E-state index in [1.54, 1.807) is 0 Å². The molecule has 1 heterocycles. The molecule has 0 aliphatic heterocycles. The van der Waals surface area contributed by atoms with Crippen LogP contribution in [-0.4, -0.2) is 9.91 Å². The lowest BCUT2D eigenvalue weighted by molar-refractivity contribution is -0.385. The van der Waals surface area contributed by atoms with E-state index in [2.05, 4.69) is 4.98 Å². The van der Waals surface area contributed by atoms with E-state index in [-0.39, 0.29) is 11.4 Å². The zero-order valence-corrected chi connectivity index (χ0v) is 8.04. The zero-order chi connectivity index (χ0) is 11.6. The van der Waals surface area contributed by atoms with Crippen molar-refractivity contribution in [3.63, 3.8) is 0 Å². The van der Waals surface area contributed by atoms with Crippen molar-refractivity contribution >= 4 is 23.1 Å². The average Bonchev–Trinajstić information content (AvgIpc) is 2.16. The third kappa shape index (κ3) is 2.12. The van der Waals surface area contributed by atoms with Gasteiger partial charge in [-0.1, -0.05) is 0 Å². The molecule has 0 saturated heterocycles. The van der Waals surface area contributed by atoms with Crippen LogP contribution in [0.4, 0.5) is 20.3 Å². The first-order valence-corrected chi connectivity index (χ1v) is 4.28. The molecule has 0 bridgehead atoms. The van der Waals surface area contributed by atoms with Crippen molar-refractivity contribution in [2.24, 2.45) is 0 Å². The van der Waals surface area contributed by atoms with E-state index in [9.17, 15) is 18.9 Å². The molecular weight excluding hydrogens is 232 g/mol. The lowest BCUT2D eigenvalue weighted by Crippen LogP contribution is -2.06. The number of anilines is 1. The van der Waals surface area contributed by atoms with E-state index in [0.717, 1.165) is 6.20 Å². The third-order valence-corrected chi connectivity index (χ3v) is 2.04. The number of nitrogen functional groups attached to an aromatic ring is 1. The van der Waals surface area contributed by atoms with E-state index in [4.69, 9.17) is 17.3 Å². The van der Waals surface area contributed by atoms with Crippen LogP contribution in [0.3, 0.4) is 0 Å². The number of nitrogens with two attached hydrogens (primary N) is 1. The highest BCUT2D eigenvalue weighted by Crippen LogP contribution is 2.35. The second-order valence-corrected chi connectivity index (χ2v) is 2.89. The predicted molar refractivity (Wildman–Crippen MR) is 49.8 cm³/mol. The number of nitro groups is 1. The Balaban J connectivity index is 3.51. The summed E-state index contributed by atoms with van der Waals surface area (Å²) in [7, 11) is 0. The lowest BCUT2D eigenvalue weighted by Gasteiger charge is -2.07. The first-order valence-electron chi connectivity index (χ1n) is 3.74. The first-order chi connectivity index (χ1) is 6.99. The summed E-state index contributed by atoms with van der Waals surface area (Å²) in [6.07, 6.45) is -2.00. The Kier molecular flexibility index (Phi) is 3.35. The quantitative estimate of drug-likeness (QED) is 0.497. The van der Waals surface area contributed by atoms with Crippen molar-refractivity contribution < 1.29 is 13.7 Å². The molecule has 5 nitrogen and oxygen atoms in total. The van der Waals surface area contributed by atoms with Gasteiger partial charge in [0, 0.05) is 17.6 Å². The highest BCUT2D eigenvalue weighted by molar-refractivity contribution is 6.17. The van der Waals surface area contributed by atoms with Crippen molar-refractivity contribution in [2.45, 2.75) is 12.3 Å². The van der Waals surface area contributed by atoms with E-state index in [0.29, 0.717) is 0 Å². The van der Waals surface area contributed by atoms with Crippen LogP contribution in [0.2, 0.25) is 0 Å². The zero-order valence-electron chi connectivity index (χ0n) is 7.28. The predicted octanol–water partition coefficient (Wildman–Crippen LogP) is 2.25. The minimum absolute atomic E-state index is 0.0902. The summed E-state index contributed by atoms with van der Waals surface area (Å²) >= 11 is 5.37. The van der Waals surface area contributed by atoms with Gasteiger partial charge in [0.05, 0.1) is 4.92 Å². The van der Waals surface area contributed by atoms with Gasteiger partial charge in [0.1, 0.15) is 5.56 Å². The SMILES string of the molecule is Nc1ncc(CCl)c(C(F)F)c1[N+](=O)[O-]. The fourth-order valence-electron chi connectivity index (χ4n) is 1.11. The maximum absolute atomic E-state index is 12.6. The summed E-state index contributed by atoms with van der Waals surface area (Å²) < 4.78 is 25.1. The summed E-state index contributed by atoms with van der Waals surface area (Å²) in [5.41, 5.74) is 3.43. The molecule has 0 aliphatic carbocycles. The standard InChI is InChI=1S/C7H6ClF2N3O2/c8-1-3-2-12-7(11)5(13(14)15)4(3)6(9)10/h2,6H,1H2,(H2,11,12). The molecule has 1 aromatic rings. The molecule has 0 spiro atoms. The van der Waals surface area contributed by atoms with Crippen LogP contribution < -0.4 is 5.73 Å². The number of hydrogen-bond donors (Lipinski definition) is 1. The Labute approximate surface area is 88.0 Å². The van der Waals surface area contributed by atoms with Gasteiger partial charge in [0.15, 0.2) is 0 Å². The minimum atomic E-state index is -3.01. The minimum Gasteiger partial charge on any atom is -0.378 e. The second-order valence-electron chi connectivity index (χ2n) is 2.62. The number of nitrogens with zero attached hydrogens (tertiary/aromatic N) is 2. The van der Waals surface area contributed by atoms with Crippen molar-refractivity contribution in [3.05, 3.63) is 27.4 Å². The fraction of sp³-hybridized carbons (Fsp3) is 0.286. The van der Waals surface area contributed by atoms with Crippen molar-refractivity contribution in [2.75, 3.05) is 5.73 Å². The van der Waals surface area contributed by atoms with Crippen molar-refractivity contribution in [3.8, 4) is 0 Å². The van der Waals surface area contributed by atoms with Crippen LogP contribution in [-0.2, 0) is 5.88 Å². The van der Waals surface area contributed by atoms with E-state index >= 15 is 0 Å². The monoisotopic (exact) mass is 237 g/mol. The van der Waals surface area contributed by atoms with E-state index in [1.807, 2.05) is 0 Å². The van der Waals surface area contributed by atoms with Crippen molar-refractivity contribution in [1.82, 2.24) is 4.98 Å². The Morgan fingerprint density at radius 1 is 1.67 bits per heavy atom. The van der Waals surface area contributed by atoms with Gasteiger partial charge in [-0.05, 0) is 0 Å². The Morgan fingerprint density at radius 3 is 2.67 bits per heavy atom. The molecule has 0 amide bonds. The second kappa shape index (κ2) is 4.35. The van der Waals surface area contributed by atoms with E-state index < -0.39 is 28.4 Å². The molecule has 0 radical (unpaired) electrons. The summed E-state index contributed by atoms with van der Waals surface area (Å²) in [5.74, 6) is -0.822. The summed E-state index contributed by atoms with van der Waals surface area (Å²) in [5, 5.41) is 10.5. The number of halogens is 3. The number of rotatable bonds is 3. The molecule has 0 atom stereocenters. The summed E-state index contributed by atoms with van der Waals surface area (Å²) in [6.45, 7) is 0. The van der Waals surface area contributed by atoms with Gasteiger partial charge in [-0.3, -0.25) is 10.1 Å². The van der Waals surface area contributed by atoms with E-state index in [1.165, 1.54) is 0 Å². The molecule has 0 aliphatic rings. The summed E-state index contributed by atoms with van der Waals surface area (Å²) in [4.78, 5) is 13.0. The molecule has 0 unspecified atom stereocenters. The number of hydrogen-bond acceptors (Lipinski definition) is 4. The van der Waals surface area contributed by atoms with Gasteiger partial charge < -0.3 is 5.73 Å². The molecule has 0 saturated carbocycles. The molecule has 15 heavy (non-hydrogen) atoms. The molecule has 0 aromatic carbocycles. The van der Waals surface area contributed by atoms with Crippen LogP contribution in [0.1, 0.15) is 17.6 Å². The maximum atomic E-state index is 12.6. The number of pyridine rings is 1. The van der Waals surface area contributed by atoms with Crippen molar-refractivity contribution in [1.29, 1.82) is 0 Å². The smallest absolute Gasteiger partial charge is 0.320 e. The lowest BCUT2D eigenvalue weighted by atomic mass is 10.1. The van der Waals surface area contributed by atoms with Crippen LogP contribution in [0.15, 0.2) is 6.20 Å². The van der Waals surface area contributed by atoms with Gasteiger partial charge in [-0.25, -0.2) is 13.8 Å². The van der Waals surface area contributed by atoms with Gasteiger partial charge in [-0.2, -0.15) is 0 Å². The van der Waals surface area contributed by atoms with Crippen LogP contribution >= 0.6 is 11.6 Å². The van der Waals surface area contributed by atoms with Crippen LogP contribution in [0, 0.1) is 10.1 Å². The van der Waals surface area contributed by atoms with Gasteiger partial charge in [0.25, 0.3) is 6.43 Å². The molecule has 1 rings (SSSR count). The first kappa shape index (κ1) is 11.6. The number of alkyl halides is 3. The highest BCUT2D eigenvalue weighted by Gasteiger charge is 2.28. The molecule has 0 fully saturated rings. The highest BCUT2D eigenvalue weighted by atomic mass is 35.5. The van der Waals surface area contributed by atoms with Gasteiger partial charge in [-0.15, -0.1) is 11.6 Å². The number of aromatic nitrogens is 1. The molecule has 8 heteroatoms. The maximum Gasteiger partial charge on any atom is 0.320 e. The molecule has 82 valence electrons. The van der Waals surface area contributed by atoms with Gasteiger partial charge in [0.2, 0.25) is 5.82 Å². The molecule has 2 N–H and O–H groups in total. The molecule has 1 aromatic heterocycles. The van der Waals surface area contributed by atoms with Gasteiger partial charge >= 0.3 is 5.69 Å². The fourth-order valence-corrected chi connectivity index (χ4v) is 1.32. The normalized spacial score (nSPS) is 10.7. The third-order valence-electron chi connectivity index (χ3n) is 1.75. The largest absolute Gasteiger partial charge is 0.378 e. The molecular formula is C7H6ClF2N3O2. The summed E-state index contributed by atoms with van der Waals surface area (Å²) in [6, 6.07) is 0. The average molecular weight is 238 g/mol.